The van der Waals surface area contributed by atoms with Crippen LogP contribution in [-0.4, -0.2) is 0 Å². The zero-order chi connectivity index (χ0) is 17.5. The van der Waals surface area contributed by atoms with Gasteiger partial charge in [0.15, 0.2) is 0 Å². The lowest BCUT2D eigenvalue weighted by Gasteiger charge is -2.05. The molecular formula is C23H25NO. The van der Waals surface area contributed by atoms with E-state index in [0.717, 1.165) is 16.5 Å². The van der Waals surface area contributed by atoms with Crippen LogP contribution in [0.15, 0.2) is 52.9 Å². The summed E-state index contributed by atoms with van der Waals surface area (Å²) in [5.41, 5.74) is 4.53. The molecule has 0 radical (unpaired) electrons. The molecule has 128 valence electrons. The molecule has 0 atom stereocenters. The predicted octanol–water partition coefficient (Wildman–Crippen LogP) is 6.87. The van der Waals surface area contributed by atoms with Crippen molar-refractivity contribution < 1.29 is 4.42 Å². The summed E-state index contributed by atoms with van der Waals surface area (Å²) in [6.45, 7) is 2.26. The molecule has 0 aliphatic carbocycles. The third-order valence-corrected chi connectivity index (χ3v) is 4.73. The number of nitrogens with zero attached hydrogens (tertiary/aromatic N) is 1. The minimum atomic E-state index is 0.362. The summed E-state index contributed by atoms with van der Waals surface area (Å²) >= 11 is 0. The van der Waals surface area contributed by atoms with Crippen molar-refractivity contribution in [1.82, 2.24) is 0 Å². The normalized spacial score (nSPS) is 10.9. The molecule has 0 aliphatic rings. The smallest absolute Gasteiger partial charge is 0.204 e. The molecule has 0 aliphatic heterocycles. The van der Waals surface area contributed by atoms with E-state index in [1.807, 2.05) is 6.07 Å². The molecule has 0 bridgehead atoms. The number of nitriles is 1. The Labute approximate surface area is 150 Å². The van der Waals surface area contributed by atoms with E-state index >= 15 is 0 Å². The highest BCUT2D eigenvalue weighted by atomic mass is 16.3. The van der Waals surface area contributed by atoms with Gasteiger partial charge in [-0.1, -0.05) is 69.4 Å². The maximum absolute atomic E-state index is 8.94. The zero-order valence-corrected chi connectivity index (χ0v) is 14.9. The zero-order valence-electron chi connectivity index (χ0n) is 14.9. The van der Waals surface area contributed by atoms with E-state index in [9.17, 15) is 0 Å². The fourth-order valence-electron chi connectivity index (χ4n) is 3.25. The number of furan rings is 1. The second-order valence-corrected chi connectivity index (χ2v) is 6.69. The van der Waals surface area contributed by atoms with Gasteiger partial charge in [-0.2, -0.15) is 5.26 Å². The molecule has 0 saturated heterocycles. The standard InChI is InChI=1S/C23H25NO/c1-2-3-4-5-6-7-8-18-9-11-19(12-10-18)20-13-14-23-21(15-20)16-22(17-24)25-23/h9-16H,2-8H2,1H3. The average molecular weight is 331 g/mol. The van der Waals surface area contributed by atoms with Crippen LogP contribution in [0.2, 0.25) is 0 Å². The van der Waals surface area contributed by atoms with Gasteiger partial charge in [0.2, 0.25) is 5.76 Å². The van der Waals surface area contributed by atoms with Gasteiger partial charge in [-0.05, 0) is 41.7 Å². The van der Waals surface area contributed by atoms with Gasteiger partial charge in [-0.25, -0.2) is 0 Å². The van der Waals surface area contributed by atoms with Gasteiger partial charge in [0.1, 0.15) is 11.7 Å². The molecule has 1 heterocycles. The number of benzene rings is 2. The first-order valence-electron chi connectivity index (χ1n) is 9.33. The molecule has 1 aromatic heterocycles. The van der Waals surface area contributed by atoms with Crippen molar-refractivity contribution in [2.45, 2.75) is 51.9 Å². The first-order chi connectivity index (χ1) is 12.3. The van der Waals surface area contributed by atoms with Crippen LogP contribution in [0.25, 0.3) is 22.1 Å². The Morgan fingerprint density at radius 1 is 0.840 bits per heavy atom. The largest absolute Gasteiger partial charge is 0.446 e. The van der Waals surface area contributed by atoms with Gasteiger partial charge < -0.3 is 4.42 Å². The summed E-state index contributed by atoms with van der Waals surface area (Å²) in [5.74, 6) is 0.362. The Balaban J connectivity index is 1.61. The first-order valence-corrected chi connectivity index (χ1v) is 9.33. The van der Waals surface area contributed by atoms with Crippen LogP contribution in [-0.2, 0) is 6.42 Å². The van der Waals surface area contributed by atoms with E-state index in [0.29, 0.717) is 5.76 Å². The first kappa shape index (κ1) is 17.3. The SMILES string of the molecule is CCCCCCCCc1ccc(-c2ccc3oc(C#N)cc3c2)cc1. The number of unbranched alkanes of at least 4 members (excludes halogenated alkanes) is 5. The second kappa shape index (κ2) is 8.53. The number of rotatable bonds is 8. The molecule has 0 N–H and O–H groups in total. The van der Waals surface area contributed by atoms with E-state index in [1.165, 1.54) is 56.1 Å². The molecule has 25 heavy (non-hydrogen) atoms. The monoisotopic (exact) mass is 331 g/mol. The van der Waals surface area contributed by atoms with E-state index in [1.54, 1.807) is 6.07 Å². The molecule has 3 rings (SSSR count). The summed E-state index contributed by atoms with van der Waals surface area (Å²) in [7, 11) is 0. The predicted molar refractivity (Wildman–Crippen MR) is 103 cm³/mol. The molecule has 2 aromatic carbocycles. The average Bonchev–Trinajstić information content (AvgIpc) is 3.07. The number of aryl methyl sites for hydroxylation is 1. The Bertz CT molecular complexity index is 852. The van der Waals surface area contributed by atoms with Crippen molar-refractivity contribution in [3.63, 3.8) is 0 Å². The molecule has 0 amide bonds. The lowest BCUT2D eigenvalue weighted by Crippen LogP contribution is -1.87. The third kappa shape index (κ3) is 4.51. The summed E-state index contributed by atoms with van der Waals surface area (Å²) in [5, 5.41) is 9.92. The fraction of sp³-hybridized carbons (Fsp3) is 0.348. The van der Waals surface area contributed by atoms with Crippen molar-refractivity contribution in [3.05, 3.63) is 59.9 Å². The van der Waals surface area contributed by atoms with Crippen molar-refractivity contribution in [2.24, 2.45) is 0 Å². The quantitative estimate of drug-likeness (QED) is 0.422. The number of hydrogen-bond donors (Lipinski definition) is 0. The minimum absolute atomic E-state index is 0.362. The Morgan fingerprint density at radius 2 is 1.56 bits per heavy atom. The van der Waals surface area contributed by atoms with Crippen molar-refractivity contribution in [2.75, 3.05) is 0 Å². The molecular weight excluding hydrogens is 306 g/mol. The van der Waals surface area contributed by atoms with Crippen LogP contribution < -0.4 is 0 Å². The van der Waals surface area contributed by atoms with Crippen LogP contribution >= 0.6 is 0 Å². The highest BCUT2D eigenvalue weighted by Gasteiger charge is 2.05. The highest BCUT2D eigenvalue weighted by molar-refractivity contribution is 5.84. The Kier molecular flexibility index (Phi) is 5.90. The van der Waals surface area contributed by atoms with Gasteiger partial charge >= 0.3 is 0 Å². The summed E-state index contributed by atoms with van der Waals surface area (Å²) < 4.78 is 5.45. The number of fused-ring (bicyclic) bond motifs is 1. The van der Waals surface area contributed by atoms with Gasteiger partial charge in [0.05, 0.1) is 0 Å². The van der Waals surface area contributed by atoms with Crippen LogP contribution in [0.4, 0.5) is 0 Å². The summed E-state index contributed by atoms with van der Waals surface area (Å²) in [6.07, 6.45) is 9.19. The number of hydrogen-bond acceptors (Lipinski definition) is 2. The van der Waals surface area contributed by atoms with Crippen LogP contribution in [0.1, 0.15) is 56.8 Å². The topological polar surface area (TPSA) is 36.9 Å². The second-order valence-electron chi connectivity index (χ2n) is 6.69. The molecule has 2 heteroatoms. The Hall–Kier alpha value is -2.53. The maximum atomic E-state index is 8.94. The molecule has 2 nitrogen and oxygen atoms in total. The Morgan fingerprint density at radius 3 is 2.32 bits per heavy atom. The lowest BCUT2D eigenvalue weighted by molar-refractivity contribution is 0.599. The van der Waals surface area contributed by atoms with Gasteiger partial charge in [-0.3, -0.25) is 0 Å². The van der Waals surface area contributed by atoms with Gasteiger partial charge in [-0.15, -0.1) is 0 Å². The minimum Gasteiger partial charge on any atom is -0.446 e. The lowest BCUT2D eigenvalue weighted by atomic mass is 10.00. The molecule has 0 fully saturated rings. The van der Waals surface area contributed by atoms with Crippen LogP contribution in [0, 0.1) is 11.3 Å². The van der Waals surface area contributed by atoms with E-state index in [4.69, 9.17) is 9.68 Å². The summed E-state index contributed by atoms with van der Waals surface area (Å²) in [6, 6.07) is 18.8. The van der Waals surface area contributed by atoms with E-state index in [-0.39, 0.29) is 0 Å². The fourth-order valence-corrected chi connectivity index (χ4v) is 3.25. The molecule has 0 unspecified atom stereocenters. The molecule has 0 spiro atoms. The third-order valence-electron chi connectivity index (χ3n) is 4.73. The summed E-state index contributed by atoms with van der Waals surface area (Å²) in [4.78, 5) is 0. The van der Waals surface area contributed by atoms with E-state index in [2.05, 4.69) is 49.4 Å². The van der Waals surface area contributed by atoms with Crippen molar-refractivity contribution in [1.29, 1.82) is 5.26 Å². The van der Waals surface area contributed by atoms with Gasteiger partial charge in [0, 0.05) is 11.5 Å². The van der Waals surface area contributed by atoms with E-state index < -0.39 is 0 Å². The highest BCUT2D eigenvalue weighted by Crippen LogP contribution is 2.27. The maximum Gasteiger partial charge on any atom is 0.204 e. The van der Waals surface area contributed by atoms with Gasteiger partial charge in [0.25, 0.3) is 0 Å². The molecule has 0 saturated carbocycles. The van der Waals surface area contributed by atoms with Crippen molar-refractivity contribution >= 4 is 11.0 Å². The van der Waals surface area contributed by atoms with Crippen LogP contribution in [0.5, 0.6) is 0 Å². The van der Waals surface area contributed by atoms with Crippen LogP contribution in [0.3, 0.4) is 0 Å². The van der Waals surface area contributed by atoms with Crippen molar-refractivity contribution in [3.8, 4) is 17.2 Å². The molecule has 3 aromatic rings.